The second kappa shape index (κ2) is 10.9. The van der Waals surface area contributed by atoms with Crippen LogP contribution in [0.25, 0.3) is 0 Å². The highest BCUT2D eigenvalue weighted by molar-refractivity contribution is 7.80. The molecule has 7 heteroatoms. The van der Waals surface area contributed by atoms with Crippen molar-refractivity contribution in [3.8, 4) is 11.5 Å². The molecular weight excluding hydrogens is 338 g/mol. The van der Waals surface area contributed by atoms with Crippen LogP contribution in [0.1, 0.15) is 38.2 Å². The Hall–Kier alpha value is -1.86. The van der Waals surface area contributed by atoms with E-state index in [4.69, 9.17) is 26.4 Å². The number of nitrogens with one attached hydrogen (secondary N) is 2. The van der Waals surface area contributed by atoms with Gasteiger partial charge in [-0.1, -0.05) is 13.3 Å². The average molecular weight is 365 g/mol. The van der Waals surface area contributed by atoms with Gasteiger partial charge in [-0.25, -0.2) is 0 Å². The molecule has 6 nitrogen and oxygen atoms in total. The summed E-state index contributed by atoms with van der Waals surface area (Å²) in [7, 11) is 1.63. The Morgan fingerprint density at radius 1 is 1.44 bits per heavy atom. The van der Waals surface area contributed by atoms with Gasteiger partial charge in [-0.3, -0.25) is 5.43 Å². The Balaban J connectivity index is 1.79. The van der Waals surface area contributed by atoms with Crippen molar-refractivity contribution in [3.05, 3.63) is 23.8 Å². The lowest BCUT2D eigenvalue weighted by Gasteiger charge is -2.12. The molecule has 0 aromatic heterocycles. The van der Waals surface area contributed by atoms with E-state index in [0.29, 0.717) is 24.0 Å². The van der Waals surface area contributed by atoms with E-state index in [1.54, 1.807) is 13.3 Å². The quantitative estimate of drug-likeness (QED) is 0.304. The van der Waals surface area contributed by atoms with Gasteiger partial charge in [0.15, 0.2) is 16.6 Å². The normalized spacial score (nSPS) is 16.8. The second-order valence-electron chi connectivity index (χ2n) is 5.83. The van der Waals surface area contributed by atoms with Crippen LogP contribution < -0.4 is 20.2 Å². The van der Waals surface area contributed by atoms with E-state index in [0.717, 1.165) is 43.6 Å². The summed E-state index contributed by atoms with van der Waals surface area (Å²) in [6.45, 7) is 4.36. The third-order valence-corrected chi connectivity index (χ3v) is 4.07. The SMILES string of the molecule is CCCCOc1ccc(/C=N\NC(=S)NC[C@H]2CCCO2)cc1OC. The number of hydrazone groups is 1. The molecule has 0 aliphatic carbocycles. The molecule has 1 aromatic carbocycles. The largest absolute Gasteiger partial charge is 0.493 e. The molecule has 2 N–H and O–H groups in total. The highest BCUT2D eigenvalue weighted by Gasteiger charge is 2.15. The molecular formula is C18H27N3O3S. The molecule has 0 amide bonds. The summed E-state index contributed by atoms with van der Waals surface area (Å²) in [5.41, 5.74) is 3.71. The monoisotopic (exact) mass is 365 g/mol. The minimum Gasteiger partial charge on any atom is -0.493 e. The van der Waals surface area contributed by atoms with Gasteiger partial charge in [0.1, 0.15) is 0 Å². The van der Waals surface area contributed by atoms with E-state index < -0.39 is 0 Å². The summed E-state index contributed by atoms with van der Waals surface area (Å²) in [6, 6.07) is 5.71. The van der Waals surface area contributed by atoms with E-state index in [2.05, 4.69) is 22.8 Å². The first-order valence-corrected chi connectivity index (χ1v) is 9.13. The summed E-state index contributed by atoms with van der Waals surface area (Å²) in [5.74, 6) is 1.44. The standard InChI is InChI=1S/C18H27N3O3S/c1-3-4-9-24-16-8-7-14(11-17(16)22-2)12-20-21-18(25)19-13-15-6-5-10-23-15/h7-8,11-12,15H,3-6,9-10,13H2,1-2H3,(H2,19,21,25)/b20-12-/t15-/m1/s1. The first kappa shape index (κ1) is 19.5. The first-order chi connectivity index (χ1) is 12.2. The molecule has 1 aliphatic heterocycles. The smallest absolute Gasteiger partial charge is 0.187 e. The van der Waals surface area contributed by atoms with Crippen LogP contribution in [0.3, 0.4) is 0 Å². The first-order valence-electron chi connectivity index (χ1n) is 8.72. The molecule has 1 atom stereocenters. The van der Waals surface area contributed by atoms with Crippen LogP contribution in [0.4, 0.5) is 0 Å². The van der Waals surface area contributed by atoms with E-state index >= 15 is 0 Å². The van der Waals surface area contributed by atoms with Crippen molar-refractivity contribution in [1.29, 1.82) is 0 Å². The van der Waals surface area contributed by atoms with Crippen LogP contribution in [0.15, 0.2) is 23.3 Å². The summed E-state index contributed by atoms with van der Waals surface area (Å²) >= 11 is 5.20. The van der Waals surface area contributed by atoms with Crippen LogP contribution in [0.5, 0.6) is 11.5 Å². The van der Waals surface area contributed by atoms with Gasteiger partial charge in [0, 0.05) is 13.2 Å². The molecule has 0 unspecified atom stereocenters. The molecule has 0 spiro atoms. The van der Waals surface area contributed by atoms with Gasteiger partial charge in [-0.05, 0) is 55.2 Å². The van der Waals surface area contributed by atoms with Gasteiger partial charge in [0.25, 0.3) is 0 Å². The number of thiocarbonyl (C=S) groups is 1. The van der Waals surface area contributed by atoms with E-state index in [1.807, 2.05) is 18.2 Å². The van der Waals surface area contributed by atoms with Gasteiger partial charge < -0.3 is 19.5 Å². The fourth-order valence-electron chi connectivity index (χ4n) is 2.43. The second-order valence-corrected chi connectivity index (χ2v) is 6.24. The Labute approximate surface area is 154 Å². The zero-order chi connectivity index (χ0) is 17.9. The average Bonchev–Trinajstić information content (AvgIpc) is 3.14. The molecule has 25 heavy (non-hydrogen) atoms. The Bertz CT molecular complexity index is 575. The molecule has 1 saturated heterocycles. The van der Waals surface area contributed by atoms with Crippen LogP contribution in [0, 0.1) is 0 Å². The van der Waals surface area contributed by atoms with Crippen LogP contribution in [0.2, 0.25) is 0 Å². The topological polar surface area (TPSA) is 64.1 Å². The van der Waals surface area contributed by atoms with Gasteiger partial charge in [0.2, 0.25) is 0 Å². The maximum absolute atomic E-state index is 5.72. The van der Waals surface area contributed by atoms with Gasteiger partial charge in [-0.2, -0.15) is 5.10 Å². The van der Waals surface area contributed by atoms with Gasteiger partial charge >= 0.3 is 0 Å². The molecule has 0 bridgehead atoms. The Morgan fingerprint density at radius 2 is 2.32 bits per heavy atom. The molecule has 2 rings (SSSR count). The molecule has 1 aromatic rings. The van der Waals surface area contributed by atoms with Crippen molar-refractivity contribution in [1.82, 2.24) is 10.7 Å². The summed E-state index contributed by atoms with van der Waals surface area (Å²) < 4.78 is 16.6. The predicted molar refractivity (Wildman–Crippen MR) is 104 cm³/mol. The number of methoxy groups -OCH3 is 1. The van der Waals surface area contributed by atoms with Crippen molar-refractivity contribution >= 4 is 23.5 Å². The number of rotatable bonds is 9. The summed E-state index contributed by atoms with van der Waals surface area (Å²) in [6.07, 6.45) is 6.24. The van der Waals surface area contributed by atoms with E-state index in [9.17, 15) is 0 Å². The van der Waals surface area contributed by atoms with Gasteiger partial charge in [0.05, 0.1) is 26.0 Å². The molecule has 0 radical (unpaired) electrons. The Kier molecular flexibility index (Phi) is 8.48. The zero-order valence-corrected chi connectivity index (χ0v) is 15.7. The van der Waals surface area contributed by atoms with Crippen molar-refractivity contribution in [3.63, 3.8) is 0 Å². The lowest BCUT2D eigenvalue weighted by atomic mass is 10.2. The minimum atomic E-state index is 0.244. The number of nitrogens with zero attached hydrogens (tertiary/aromatic N) is 1. The fraction of sp³-hybridized carbons (Fsp3) is 0.556. The molecule has 1 heterocycles. The van der Waals surface area contributed by atoms with Crippen molar-refractivity contribution in [2.45, 2.75) is 38.7 Å². The molecule has 138 valence electrons. The number of benzene rings is 1. The van der Waals surface area contributed by atoms with Crippen molar-refractivity contribution < 1.29 is 14.2 Å². The maximum Gasteiger partial charge on any atom is 0.187 e. The zero-order valence-electron chi connectivity index (χ0n) is 14.9. The number of ether oxygens (including phenoxy) is 3. The number of hydrogen-bond acceptors (Lipinski definition) is 5. The highest BCUT2D eigenvalue weighted by atomic mass is 32.1. The van der Waals surface area contributed by atoms with Crippen LogP contribution in [-0.4, -0.2) is 44.3 Å². The van der Waals surface area contributed by atoms with E-state index in [1.165, 1.54) is 0 Å². The lowest BCUT2D eigenvalue weighted by molar-refractivity contribution is 0.114. The van der Waals surface area contributed by atoms with E-state index in [-0.39, 0.29) is 6.10 Å². The molecule has 1 aliphatic rings. The Morgan fingerprint density at radius 3 is 3.04 bits per heavy atom. The van der Waals surface area contributed by atoms with Crippen molar-refractivity contribution in [2.75, 3.05) is 26.9 Å². The highest BCUT2D eigenvalue weighted by Crippen LogP contribution is 2.27. The van der Waals surface area contributed by atoms with Crippen LogP contribution >= 0.6 is 12.2 Å². The maximum atomic E-state index is 5.72. The minimum absolute atomic E-state index is 0.244. The molecule has 0 saturated carbocycles. The fourth-order valence-corrected chi connectivity index (χ4v) is 2.56. The summed E-state index contributed by atoms with van der Waals surface area (Å²) in [5, 5.41) is 7.74. The number of unbranched alkanes of at least 4 members (excludes halogenated alkanes) is 1. The van der Waals surface area contributed by atoms with Crippen molar-refractivity contribution in [2.24, 2.45) is 5.10 Å². The van der Waals surface area contributed by atoms with Gasteiger partial charge in [-0.15, -0.1) is 0 Å². The van der Waals surface area contributed by atoms with Crippen LogP contribution in [-0.2, 0) is 4.74 Å². The number of hydrogen-bond donors (Lipinski definition) is 2. The summed E-state index contributed by atoms with van der Waals surface area (Å²) in [4.78, 5) is 0. The third-order valence-electron chi connectivity index (χ3n) is 3.84. The lowest BCUT2D eigenvalue weighted by Crippen LogP contribution is -2.37. The predicted octanol–water partition coefficient (Wildman–Crippen LogP) is 2.85. The third kappa shape index (κ3) is 6.88. The molecule has 1 fully saturated rings.